The van der Waals surface area contributed by atoms with Gasteiger partial charge >= 0.3 is 0 Å². The van der Waals surface area contributed by atoms with Gasteiger partial charge in [0.15, 0.2) is 0 Å². The Labute approximate surface area is 115 Å². The average molecular weight is 279 g/mol. The summed E-state index contributed by atoms with van der Waals surface area (Å²) in [5.41, 5.74) is 10.7. The number of aliphatic hydroxyl groups is 1. The molecule has 7 nitrogen and oxygen atoms in total. The molecule has 1 aromatic carbocycles. The van der Waals surface area contributed by atoms with Crippen molar-refractivity contribution in [2.45, 2.75) is 25.9 Å². The molecule has 1 rings (SSSR count). The van der Waals surface area contributed by atoms with Crippen molar-refractivity contribution in [3.63, 3.8) is 0 Å². The topological polar surface area (TPSA) is 136 Å². The summed E-state index contributed by atoms with van der Waals surface area (Å²) in [7, 11) is 0. The number of hydrogen-bond donors (Lipinski definition) is 4. The summed E-state index contributed by atoms with van der Waals surface area (Å²) in [5, 5.41) is 11.6. The van der Waals surface area contributed by atoms with Gasteiger partial charge in [0, 0.05) is 23.2 Å². The number of carbonyl (C=O) groups is 3. The van der Waals surface area contributed by atoms with Gasteiger partial charge in [-0.05, 0) is 31.5 Å². The van der Waals surface area contributed by atoms with Crippen molar-refractivity contribution in [1.82, 2.24) is 0 Å². The van der Waals surface area contributed by atoms with Gasteiger partial charge in [-0.1, -0.05) is 0 Å². The molecule has 0 fully saturated rings. The molecule has 0 aromatic heterocycles. The number of amides is 3. The van der Waals surface area contributed by atoms with E-state index in [9.17, 15) is 14.4 Å². The normalized spacial score (nSPS) is 11.7. The minimum atomic E-state index is -0.729. The van der Waals surface area contributed by atoms with Crippen LogP contribution in [-0.2, 0) is 4.79 Å². The van der Waals surface area contributed by atoms with Crippen LogP contribution < -0.4 is 16.8 Å². The lowest BCUT2D eigenvalue weighted by Crippen LogP contribution is -2.18. The third-order valence-corrected chi connectivity index (χ3v) is 2.57. The van der Waals surface area contributed by atoms with Crippen LogP contribution in [0.25, 0.3) is 0 Å². The quantitative estimate of drug-likeness (QED) is 0.582. The van der Waals surface area contributed by atoms with E-state index in [4.69, 9.17) is 16.6 Å². The molecule has 6 N–H and O–H groups in total. The predicted molar refractivity (Wildman–Crippen MR) is 73.0 cm³/mol. The van der Waals surface area contributed by atoms with Gasteiger partial charge in [0.05, 0.1) is 6.10 Å². The lowest BCUT2D eigenvalue weighted by atomic mass is 10.1. The summed E-state index contributed by atoms with van der Waals surface area (Å²) in [4.78, 5) is 33.9. The summed E-state index contributed by atoms with van der Waals surface area (Å²) in [5.74, 6) is -1.80. The molecule has 1 unspecified atom stereocenters. The summed E-state index contributed by atoms with van der Waals surface area (Å²) >= 11 is 0. The van der Waals surface area contributed by atoms with Gasteiger partial charge in [-0.15, -0.1) is 0 Å². The zero-order valence-electron chi connectivity index (χ0n) is 11.1. The molecule has 0 radical (unpaired) electrons. The summed E-state index contributed by atoms with van der Waals surface area (Å²) in [6.07, 6.45) is -0.159. The average Bonchev–Trinajstić information content (AvgIpc) is 2.35. The van der Waals surface area contributed by atoms with E-state index in [1.54, 1.807) is 6.92 Å². The summed E-state index contributed by atoms with van der Waals surface area (Å²) < 4.78 is 0. The Morgan fingerprint density at radius 3 is 2.05 bits per heavy atom. The Morgan fingerprint density at radius 2 is 1.65 bits per heavy atom. The van der Waals surface area contributed by atoms with Gasteiger partial charge in [-0.2, -0.15) is 0 Å². The second kappa shape index (κ2) is 6.67. The van der Waals surface area contributed by atoms with Crippen molar-refractivity contribution in [1.29, 1.82) is 0 Å². The smallest absolute Gasteiger partial charge is 0.248 e. The van der Waals surface area contributed by atoms with E-state index in [0.29, 0.717) is 6.42 Å². The predicted octanol–water partition coefficient (Wildman–Crippen LogP) is -0.0161. The molecule has 0 aliphatic carbocycles. The molecule has 0 saturated carbocycles. The first kappa shape index (κ1) is 15.6. The lowest BCUT2D eigenvalue weighted by Gasteiger charge is -2.09. The first-order valence-corrected chi connectivity index (χ1v) is 6.02. The third kappa shape index (κ3) is 4.69. The molecule has 0 aliphatic heterocycles. The largest absolute Gasteiger partial charge is 0.393 e. The maximum absolute atomic E-state index is 11.6. The fraction of sp³-hybridized carbons (Fsp3) is 0.308. The molecule has 1 aromatic rings. The number of carbonyl (C=O) groups excluding carboxylic acids is 3. The second-order valence-electron chi connectivity index (χ2n) is 4.46. The number of rotatable bonds is 6. The maximum atomic E-state index is 11.6. The van der Waals surface area contributed by atoms with Crippen LogP contribution >= 0.6 is 0 Å². The Hall–Kier alpha value is -2.41. The fourth-order valence-corrected chi connectivity index (χ4v) is 1.55. The highest BCUT2D eigenvalue weighted by molar-refractivity contribution is 6.01. The minimum Gasteiger partial charge on any atom is -0.393 e. The fourth-order valence-electron chi connectivity index (χ4n) is 1.55. The number of primary amides is 2. The molecule has 0 heterocycles. The highest BCUT2D eigenvalue weighted by Crippen LogP contribution is 2.15. The van der Waals surface area contributed by atoms with Crippen LogP contribution in [0.15, 0.2) is 18.2 Å². The van der Waals surface area contributed by atoms with Crippen LogP contribution in [0.5, 0.6) is 0 Å². The van der Waals surface area contributed by atoms with Crippen LogP contribution in [0.1, 0.15) is 40.5 Å². The molecule has 0 spiro atoms. The standard InChI is InChI=1S/C13H17N3O4/c1-7(17)2-3-11(18)16-10-5-8(12(14)19)4-9(6-10)13(15)20/h4-7,17H,2-3H2,1H3,(H2,14,19)(H2,15,20)(H,16,18). The van der Waals surface area contributed by atoms with Crippen molar-refractivity contribution < 1.29 is 19.5 Å². The molecule has 0 aliphatic rings. The van der Waals surface area contributed by atoms with Crippen LogP contribution in [0, 0.1) is 0 Å². The number of nitrogens with two attached hydrogens (primary N) is 2. The van der Waals surface area contributed by atoms with Crippen LogP contribution in [-0.4, -0.2) is 28.9 Å². The molecule has 7 heteroatoms. The van der Waals surface area contributed by atoms with E-state index in [1.165, 1.54) is 18.2 Å². The van der Waals surface area contributed by atoms with Gasteiger partial charge in [0.25, 0.3) is 0 Å². The van der Waals surface area contributed by atoms with Crippen LogP contribution in [0.3, 0.4) is 0 Å². The van der Waals surface area contributed by atoms with E-state index in [-0.39, 0.29) is 29.1 Å². The molecular formula is C13H17N3O4. The van der Waals surface area contributed by atoms with E-state index < -0.39 is 17.9 Å². The molecule has 1 atom stereocenters. The highest BCUT2D eigenvalue weighted by Gasteiger charge is 2.11. The van der Waals surface area contributed by atoms with Crippen molar-refractivity contribution in [3.8, 4) is 0 Å². The molecular weight excluding hydrogens is 262 g/mol. The van der Waals surface area contributed by atoms with Gasteiger partial charge in [-0.25, -0.2) is 0 Å². The molecule has 0 saturated heterocycles. The number of aliphatic hydroxyl groups excluding tert-OH is 1. The molecule has 20 heavy (non-hydrogen) atoms. The number of nitrogens with one attached hydrogen (secondary N) is 1. The summed E-state index contributed by atoms with van der Waals surface area (Å²) in [6.45, 7) is 1.58. The first-order valence-electron chi connectivity index (χ1n) is 6.02. The Bertz CT molecular complexity index is 508. The Morgan fingerprint density at radius 1 is 1.15 bits per heavy atom. The van der Waals surface area contributed by atoms with E-state index in [2.05, 4.69) is 5.32 Å². The monoisotopic (exact) mass is 279 g/mol. The zero-order valence-corrected chi connectivity index (χ0v) is 11.1. The van der Waals surface area contributed by atoms with Crippen molar-refractivity contribution in [2.75, 3.05) is 5.32 Å². The second-order valence-corrected chi connectivity index (χ2v) is 4.46. The molecule has 3 amide bonds. The van der Waals surface area contributed by atoms with Crippen molar-refractivity contribution >= 4 is 23.4 Å². The number of anilines is 1. The maximum Gasteiger partial charge on any atom is 0.248 e. The lowest BCUT2D eigenvalue weighted by molar-refractivity contribution is -0.116. The van der Waals surface area contributed by atoms with Crippen LogP contribution in [0.2, 0.25) is 0 Å². The van der Waals surface area contributed by atoms with Crippen molar-refractivity contribution in [2.24, 2.45) is 11.5 Å². The third-order valence-electron chi connectivity index (χ3n) is 2.57. The highest BCUT2D eigenvalue weighted by atomic mass is 16.3. The van der Waals surface area contributed by atoms with Gasteiger partial charge in [-0.3, -0.25) is 14.4 Å². The first-order chi connectivity index (χ1) is 9.29. The zero-order chi connectivity index (χ0) is 15.3. The van der Waals surface area contributed by atoms with Gasteiger partial charge in [0.2, 0.25) is 17.7 Å². The summed E-state index contributed by atoms with van der Waals surface area (Å²) in [6, 6.07) is 3.97. The number of benzene rings is 1. The van der Waals surface area contributed by atoms with Gasteiger partial charge < -0.3 is 21.9 Å². The molecule has 0 bridgehead atoms. The Balaban J connectivity index is 2.91. The van der Waals surface area contributed by atoms with Crippen molar-refractivity contribution in [3.05, 3.63) is 29.3 Å². The SMILES string of the molecule is CC(O)CCC(=O)Nc1cc(C(N)=O)cc(C(N)=O)c1. The van der Waals surface area contributed by atoms with E-state index >= 15 is 0 Å². The van der Waals surface area contributed by atoms with E-state index in [1.807, 2.05) is 0 Å². The van der Waals surface area contributed by atoms with Crippen LogP contribution in [0.4, 0.5) is 5.69 Å². The molecule has 108 valence electrons. The minimum absolute atomic E-state index is 0.0760. The van der Waals surface area contributed by atoms with E-state index in [0.717, 1.165) is 0 Å². The number of hydrogen-bond acceptors (Lipinski definition) is 4. The Kier molecular flexibility index (Phi) is 5.22. The van der Waals surface area contributed by atoms with Gasteiger partial charge in [0.1, 0.15) is 0 Å².